The highest BCUT2D eigenvalue weighted by molar-refractivity contribution is 5.97. The highest BCUT2D eigenvalue weighted by Gasteiger charge is 2.27. The first-order valence-electron chi connectivity index (χ1n) is 10.8. The molecular weight excluding hydrogens is 374 g/mol. The maximum absolute atomic E-state index is 5.17. The number of rotatable bonds is 3. The first kappa shape index (κ1) is 17.8. The maximum Gasteiger partial charge on any atom is 0.163 e. The smallest absolute Gasteiger partial charge is 0.163 e. The second-order valence-corrected chi connectivity index (χ2v) is 8.43. The van der Waals surface area contributed by atoms with Crippen molar-refractivity contribution in [2.75, 3.05) is 31.1 Å². The normalized spacial score (nSPS) is 17.6. The summed E-state index contributed by atoms with van der Waals surface area (Å²) in [5, 5.41) is 5.71. The van der Waals surface area contributed by atoms with Crippen LogP contribution in [0.3, 0.4) is 0 Å². The molecule has 2 N–H and O–H groups in total. The lowest BCUT2D eigenvalue weighted by atomic mass is 9.79. The average Bonchev–Trinajstić information content (AvgIpc) is 3.12. The van der Waals surface area contributed by atoms with E-state index in [0.717, 1.165) is 65.6 Å². The van der Waals surface area contributed by atoms with Gasteiger partial charge in [-0.25, -0.2) is 15.0 Å². The minimum absolute atomic E-state index is 0.581. The van der Waals surface area contributed by atoms with Crippen LogP contribution in [0.4, 0.5) is 5.82 Å². The Hall–Kier alpha value is -3.06. The van der Waals surface area contributed by atoms with Crippen molar-refractivity contribution in [3.63, 3.8) is 0 Å². The van der Waals surface area contributed by atoms with Crippen molar-refractivity contribution in [2.45, 2.75) is 32.1 Å². The minimum Gasteiger partial charge on any atom is -0.353 e. The lowest BCUT2D eigenvalue weighted by molar-refractivity contribution is 0.421. The lowest BCUT2D eigenvalue weighted by Crippen LogP contribution is -2.44. The molecule has 152 valence electrons. The number of pyridine rings is 2. The van der Waals surface area contributed by atoms with Gasteiger partial charge < -0.3 is 15.2 Å². The van der Waals surface area contributed by atoms with E-state index in [0.29, 0.717) is 5.92 Å². The Morgan fingerprint density at radius 3 is 2.77 bits per heavy atom. The van der Waals surface area contributed by atoms with Gasteiger partial charge in [-0.1, -0.05) is 6.42 Å². The molecule has 4 aromatic rings. The highest BCUT2D eigenvalue weighted by Crippen LogP contribution is 2.42. The van der Waals surface area contributed by atoms with E-state index >= 15 is 0 Å². The number of aryl methyl sites for hydroxylation is 1. The van der Waals surface area contributed by atoms with Gasteiger partial charge in [0.2, 0.25) is 0 Å². The van der Waals surface area contributed by atoms with Crippen molar-refractivity contribution >= 4 is 27.8 Å². The molecular formula is C23H25N7. The van der Waals surface area contributed by atoms with Crippen molar-refractivity contribution in [1.82, 2.24) is 30.2 Å². The monoisotopic (exact) mass is 399 g/mol. The molecule has 1 aliphatic heterocycles. The summed E-state index contributed by atoms with van der Waals surface area (Å²) in [5.74, 6) is 2.38. The Morgan fingerprint density at radius 2 is 1.97 bits per heavy atom. The predicted molar refractivity (Wildman–Crippen MR) is 119 cm³/mol. The topological polar surface area (TPSA) is 82.6 Å². The van der Waals surface area contributed by atoms with Gasteiger partial charge in [-0.05, 0) is 43.4 Å². The number of hydrogen-bond donors (Lipinski definition) is 2. The van der Waals surface area contributed by atoms with Gasteiger partial charge in [0.25, 0.3) is 0 Å². The zero-order chi connectivity index (χ0) is 20.1. The van der Waals surface area contributed by atoms with Crippen LogP contribution in [-0.4, -0.2) is 51.1 Å². The molecule has 0 radical (unpaired) electrons. The molecule has 0 amide bonds. The molecule has 4 aromatic heterocycles. The standard InChI is InChI=1S/C23H25N7/c1-14-11-17-16(5-6-26-21(17)27-14)22-28-19-13-25-12-18(15-3-2-4-15)20(19)23(29-22)30-9-7-24-8-10-30/h5-6,11-13,15,24H,2-4,7-10H2,1H3,(H,26,27). The van der Waals surface area contributed by atoms with Gasteiger partial charge >= 0.3 is 0 Å². The van der Waals surface area contributed by atoms with E-state index in [9.17, 15) is 0 Å². The molecule has 5 heterocycles. The summed E-state index contributed by atoms with van der Waals surface area (Å²) < 4.78 is 0. The molecule has 0 aromatic carbocycles. The molecule has 0 atom stereocenters. The number of fused-ring (bicyclic) bond motifs is 2. The molecule has 2 aliphatic rings. The number of aromatic nitrogens is 5. The van der Waals surface area contributed by atoms with Crippen LogP contribution < -0.4 is 10.2 Å². The third-order valence-corrected chi connectivity index (χ3v) is 6.49. The number of nitrogens with zero attached hydrogens (tertiary/aromatic N) is 5. The molecule has 1 aliphatic carbocycles. The Bertz CT molecular complexity index is 1240. The fraction of sp³-hybridized carbons (Fsp3) is 0.391. The predicted octanol–water partition coefficient (Wildman–Crippen LogP) is 3.55. The van der Waals surface area contributed by atoms with Crippen LogP contribution in [0.25, 0.3) is 33.3 Å². The first-order valence-corrected chi connectivity index (χ1v) is 10.8. The Labute approximate surface area is 175 Å². The summed E-state index contributed by atoms with van der Waals surface area (Å²) in [4.78, 5) is 25.0. The van der Waals surface area contributed by atoms with E-state index in [2.05, 4.69) is 31.2 Å². The molecule has 1 saturated heterocycles. The van der Waals surface area contributed by atoms with Gasteiger partial charge in [0.1, 0.15) is 11.5 Å². The van der Waals surface area contributed by atoms with Crippen LogP contribution in [-0.2, 0) is 0 Å². The Morgan fingerprint density at radius 1 is 1.10 bits per heavy atom. The minimum atomic E-state index is 0.581. The van der Waals surface area contributed by atoms with E-state index < -0.39 is 0 Å². The number of aromatic amines is 1. The van der Waals surface area contributed by atoms with E-state index in [1.165, 1.54) is 30.2 Å². The third kappa shape index (κ3) is 2.84. The molecule has 7 nitrogen and oxygen atoms in total. The van der Waals surface area contributed by atoms with Gasteiger partial charge in [-0.15, -0.1) is 0 Å². The molecule has 0 spiro atoms. The SMILES string of the molecule is Cc1cc2c(-c3nc(N4CCNCC4)c4c(C5CCC5)cncc4n3)ccnc2[nH]1. The van der Waals surface area contributed by atoms with Crippen LogP contribution in [0.5, 0.6) is 0 Å². The molecule has 30 heavy (non-hydrogen) atoms. The fourth-order valence-electron chi connectivity index (χ4n) is 4.70. The molecule has 7 heteroatoms. The van der Waals surface area contributed by atoms with Gasteiger partial charge in [-0.3, -0.25) is 4.98 Å². The summed E-state index contributed by atoms with van der Waals surface area (Å²) in [6.07, 6.45) is 9.53. The largest absolute Gasteiger partial charge is 0.353 e. The van der Waals surface area contributed by atoms with Crippen LogP contribution in [0.15, 0.2) is 30.7 Å². The van der Waals surface area contributed by atoms with Crippen LogP contribution >= 0.6 is 0 Å². The molecule has 0 bridgehead atoms. The third-order valence-electron chi connectivity index (χ3n) is 6.49. The van der Waals surface area contributed by atoms with Crippen molar-refractivity contribution in [3.8, 4) is 11.4 Å². The van der Waals surface area contributed by atoms with Gasteiger partial charge in [0.05, 0.1) is 11.7 Å². The number of piperazine rings is 1. The number of nitrogens with one attached hydrogen (secondary N) is 2. The van der Waals surface area contributed by atoms with Crippen molar-refractivity contribution in [2.24, 2.45) is 0 Å². The Balaban J connectivity index is 1.60. The van der Waals surface area contributed by atoms with E-state index in [1.807, 2.05) is 31.6 Å². The zero-order valence-electron chi connectivity index (χ0n) is 17.1. The van der Waals surface area contributed by atoms with Crippen LogP contribution in [0.2, 0.25) is 0 Å². The summed E-state index contributed by atoms with van der Waals surface area (Å²) in [7, 11) is 0. The van der Waals surface area contributed by atoms with Gasteiger partial charge in [0, 0.05) is 60.6 Å². The van der Waals surface area contributed by atoms with Crippen molar-refractivity contribution in [1.29, 1.82) is 0 Å². The quantitative estimate of drug-likeness (QED) is 0.548. The first-order chi connectivity index (χ1) is 14.8. The van der Waals surface area contributed by atoms with Crippen molar-refractivity contribution in [3.05, 3.63) is 42.0 Å². The number of anilines is 1. The molecule has 2 fully saturated rings. The Kier molecular flexibility index (Phi) is 4.16. The second-order valence-electron chi connectivity index (χ2n) is 8.43. The summed E-state index contributed by atoms with van der Waals surface area (Å²) >= 11 is 0. The van der Waals surface area contributed by atoms with E-state index in [4.69, 9.17) is 9.97 Å². The zero-order valence-corrected chi connectivity index (χ0v) is 17.1. The van der Waals surface area contributed by atoms with Crippen molar-refractivity contribution < 1.29 is 0 Å². The maximum atomic E-state index is 5.17. The van der Waals surface area contributed by atoms with E-state index in [-0.39, 0.29) is 0 Å². The molecule has 0 unspecified atom stereocenters. The van der Waals surface area contributed by atoms with Crippen LogP contribution in [0.1, 0.15) is 36.4 Å². The van der Waals surface area contributed by atoms with E-state index in [1.54, 1.807) is 0 Å². The average molecular weight is 400 g/mol. The molecule has 6 rings (SSSR count). The number of H-pyrrole nitrogens is 1. The van der Waals surface area contributed by atoms with Gasteiger partial charge in [-0.2, -0.15) is 0 Å². The second kappa shape index (κ2) is 7.02. The number of hydrogen-bond acceptors (Lipinski definition) is 6. The highest BCUT2D eigenvalue weighted by atomic mass is 15.2. The summed E-state index contributed by atoms with van der Waals surface area (Å²) in [6.45, 7) is 5.90. The summed E-state index contributed by atoms with van der Waals surface area (Å²) in [5.41, 5.74) is 5.23. The summed E-state index contributed by atoms with van der Waals surface area (Å²) in [6, 6.07) is 4.14. The molecule has 1 saturated carbocycles. The van der Waals surface area contributed by atoms with Crippen LogP contribution in [0, 0.1) is 6.92 Å². The van der Waals surface area contributed by atoms with Gasteiger partial charge in [0.15, 0.2) is 5.82 Å². The fourth-order valence-corrected chi connectivity index (χ4v) is 4.70. The lowest BCUT2D eigenvalue weighted by Gasteiger charge is -2.32.